The quantitative estimate of drug-likeness (QED) is 0.764. The van der Waals surface area contributed by atoms with Crippen LogP contribution in [-0.2, 0) is 6.54 Å². The Balaban J connectivity index is 1.73. The molecule has 0 aromatic carbocycles. The van der Waals surface area contributed by atoms with Crippen LogP contribution < -0.4 is 10.2 Å². The molecule has 1 saturated heterocycles. The zero-order chi connectivity index (χ0) is 18.8. The van der Waals surface area contributed by atoms with Crippen molar-refractivity contribution in [3.05, 3.63) is 47.3 Å². The molecule has 1 aliphatic heterocycles. The maximum atomic E-state index is 12.7. The zero-order valence-electron chi connectivity index (χ0n) is 15.7. The smallest absolute Gasteiger partial charge is 0.289 e. The van der Waals surface area contributed by atoms with Crippen molar-refractivity contribution < 1.29 is 9.21 Å². The lowest BCUT2D eigenvalue weighted by Crippen LogP contribution is -2.32. The lowest BCUT2D eigenvalue weighted by molar-refractivity contribution is 0.0938. The Bertz CT molecular complexity index is 962. The molecule has 0 aliphatic carbocycles. The second-order valence-electron chi connectivity index (χ2n) is 6.96. The number of carbonyl (C=O) groups excluding carboxylic acids is 1. The molecule has 1 aliphatic rings. The highest BCUT2D eigenvalue weighted by atomic mass is 16.3. The molecular weight excluding hydrogens is 342 g/mol. The van der Waals surface area contributed by atoms with Crippen LogP contribution in [0.3, 0.4) is 0 Å². The SMILES string of the molecule is Cc1cc(C)c2c(N3CCCCC3)nc(C(=O)NCc3ccco3)nc2n1. The third kappa shape index (κ3) is 3.63. The van der Waals surface area contributed by atoms with Crippen molar-refractivity contribution in [1.82, 2.24) is 20.3 Å². The van der Waals surface area contributed by atoms with Gasteiger partial charge in [-0.1, -0.05) is 0 Å². The van der Waals surface area contributed by atoms with Crippen molar-refractivity contribution in [3.8, 4) is 0 Å². The number of rotatable bonds is 4. The topological polar surface area (TPSA) is 84.2 Å². The summed E-state index contributed by atoms with van der Waals surface area (Å²) < 4.78 is 5.26. The number of nitrogens with one attached hydrogen (secondary N) is 1. The molecule has 1 N–H and O–H groups in total. The first-order valence-corrected chi connectivity index (χ1v) is 9.33. The number of amides is 1. The van der Waals surface area contributed by atoms with E-state index in [9.17, 15) is 4.79 Å². The largest absolute Gasteiger partial charge is 0.467 e. The van der Waals surface area contributed by atoms with Gasteiger partial charge < -0.3 is 14.6 Å². The van der Waals surface area contributed by atoms with Gasteiger partial charge in [0.1, 0.15) is 11.6 Å². The third-order valence-electron chi connectivity index (χ3n) is 4.83. The van der Waals surface area contributed by atoms with Gasteiger partial charge in [-0.15, -0.1) is 0 Å². The fourth-order valence-corrected chi connectivity index (χ4v) is 3.55. The third-order valence-corrected chi connectivity index (χ3v) is 4.83. The summed E-state index contributed by atoms with van der Waals surface area (Å²) in [5.74, 6) is 1.32. The van der Waals surface area contributed by atoms with Crippen molar-refractivity contribution >= 4 is 22.8 Å². The van der Waals surface area contributed by atoms with Gasteiger partial charge in [-0.3, -0.25) is 4.79 Å². The lowest BCUT2D eigenvalue weighted by Gasteiger charge is -2.29. The Hall–Kier alpha value is -2.96. The highest BCUT2D eigenvalue weighted by Crippen LogP contribution is 2.28. The fraction of sp³-hybridized carbons (Fsp3) is 0.400. The van der Waals surface area contributed by atoms with Gasteiger partial charge >= 0.3 is 0 Å². The van der Waals surface area contributed by atoms with Crippen LogP contribution in [0.4, 0.5) is 5.82 Å². The molecule has 7 heteroatoms. The number of piperidine rings is 1. The minimum atomic E-state index is -0.326. The van der Waals surface area contributed by atoms with Gasteiger partial charge in [0.25, 0.3) is 5.91 Å². The number of aryl methyl sites for hydroxylation is 2. The predicted octanol–water partition coefficient (Wildman–Crippen LogP) is 3.15. The van der Waals surface area contributed by atoms with Crippen LogP contribution in [0.15, 0.2) is 28.9 Å². The minimum Gasteiger partial charge on any atom is -0.467 e. The van der Waals surface area contributed by atoms with E-state index in [-0.39, 0.29) is 11.7 Å². The highest BCUT2D eigenvalue weighted by molar-refractivity contribution is 5.96. The molecule has 0 spiro atoms. The number of fused-ring (bicyclic) bond motifs is 1. The number of anilines is 1. The number of carbonyl (C=O) groups is 1. The summed E-state index contributed by atoms with van der Waals surface area (Å²) in [7, 11) is 0. The summed E-state index contributed by atoms with van der Waals surface area (Å²) in [5, 5.41) is 3.76. The number of hydrogen-bond acceptors (Lipinski definition) is 6. The van der Waals surface area contributed by atoms with E-state index in [0.29, 0.717) is 18.0 Å². The molecule has 140 valence electrons. The van der Waals surface area contributed by atoms with Gasteiger partial charge in [0, 0.05) is 18.8 Å². The standard InChI is InChI=1S/C20H23N5O2/c1-13-11-14(2)22-17-16(13)19(25-8-4-3-5-9-25)24-18(23-17)20(26)21-12-15-7-6-10-27-15/h6-7,10-11H,3-5,8-9,12H2,1-2H3,(H,21,26). The second kappa shape index (κ2) is 7.34. The van der Waals surface area contributed by atoms with Crippen molar-refractivity contribution in [3.63, 3.8) is 0 Å². The highest BCUT2D eigenvalue weighted by Gasteiger charge is 2.21. The molecule has 3 aromatic rings. The van der Waals surface area contributed by atoms with Crippen molar-refractivity contribution in [2.24, 2.45) is 0 Å². The van der Waals surface area contributed by atoms with Crippen LogP contribution in [0.5, 0.6) is 0 Å². The molecule has 0 radical (unpaired) electrons. The Labute approximate surface area is 157 Å². The molecule has 0 saturated carbocycles. The molecule has 1 amide bonds. The van der Waals surface area contributed by atoms with E-state index in [1.54, 1.807) is 12.3 Å². The molecule has 7 nitrogen and oxygen atoms in total. The van der Waals surface area contributed by atoms with Crippen LogP contribution in [-0.4, -0.2) is 33.9 Å². The number of pyridine rings is 1. The van der Waals surface area contributed by atoms with Crippen LogP contribution in [0, 0.1) is 13.8 Å². The summed E-state index contributed by atoms with van der Waals surface area (Å²) in [5.41, 5.74) is 2.54. The monoisotopic (exact) mass is 365 g/mol. The molecule has 4 heterocycles. The molecule has 0 bridgehead atoms. The number of nitrogens with zero attached hydrogens (tertiary/aromatic N) is 4. The maximum Gasteiger partial charge on any atom is 0.289 e. The normalized spacial score (nSPS) is 14.5. The summed E-state index contributed by atoms with van der Waals surface area (Å²) in [6, 6.07) is 5.64. The van der Waals surface area contributed by atoms with E-state index in [2.05, 4.69) is 25.2 Å². The number of hydrogen-bond donors (Lipinski definition) is 1. The number of aromatic nitrogens is 3. The van der Waals surface area contributed by atoms with Crippen LogP contribution in [0.25, 0.3) is 11.0 Å². The predicted molar refractivity (Wildman–Crippen MR) is 103 cm³/mol. The first kappa shape index (κ1) is 17.5. The Kier molecular flexibility index (Phi) is 4.75. The van der Waals surface area contributed by atoms with Gasteiger partial charge in [0.15, 0.2) is 5.65 Å². The fourth-order valence-electron chi connectivity index (χ4n) is 3.55. The summed E-state index contributed by atoms with van der Waals surface area (Å²) >= 11 is 0. The molecular formula is C20H23N5O2. The molecule has 27 heavy (non-hydrogen) atoms. The maximum absolute atomic E-state index is 12.7. The van der Waals surface area contributed by atoms with Crippen molar-refractivity contribution in [2.45, 2.75) is 39.7 Å². The zero-order valence-corrected chi connectivity index (χ0v) is 15.7. The first-order chi connectivity index (χ1) is 13.1. The number of furan rings is 1. The molecule has 1 fully saturated rings. The summed E-state index contributed by atoms with van der Waals surface area (Å²) in [6.45, 7) is 6.16. The van der Waals surface area contributed by atoms with E-state index in [0.717, 1.165) is 48.4 Å². The second-order valence-corrected chi connectivity index (χ2v) is 6.96. The average molecular weight is 365 g/mol. The molecule has 3 aromatic heterocycles. The first-order valence-electron chi connectivity index (χ1n) is 9.33. The van der Waals surface area contributed by atoms with Crippen LogP contribution >= 0.6 is 0 Å². The minimum absolute atomic E-state index is 0.145. The van der Waals surface area contributed by atoms with Crippen LogP contribution in [0.2, 0.25) is 0 Å². The van der Waals surface area contributed by atoms with Gasteiger partial charge in [0.2, 0.25) is 5.82 Å². The Morgan fingerprint density at radius 3 is 2.74 bits per heavy atom. The lowest BCUT2D eigenvalue weighted by atomic mass is 10.1. The van der Waals surface area contributed by atoms with E-state index in [1.807, 2.05) is 26.0 Å². The van der Waals surface area contributed by atoms with Gasteiger partial charge in [-0.05, 0) is 56.9 Å². The van der Waals surface area contributed by atoms with Crippen molar-refractivity contribution in [2.75, 3.05) is 18.0 Å². The van der Waals surface area contributed by atoms with E-state index < -0.39 is 0 Å². The van der Waals surface area contributed by atoms with E-state index in [4.69, 9.17) is 4.42 Å². The van der Waals surface area contributed by atoms with E-state index >= 15 is 0 Å². The van der Waals surface area contributed by atoms with Gasteiger partial charge in [0.05, 0.1) is 18.2 Å². The van der Waals surface area contributed by atoms with Gasteiger partial charge in [-0.25, -0.2) is 15.0 Å². The Morgan fingerprint density at radius 1 is 1.19 bits per heavy atom. The Morgan fingerprint density at radius 2 is 2.00 bits per heavy atom. The molecule has 4 rings (SSSR count). The molecule has 0 unspecified atom stereocenters. The summed E-state index contributed by atoms with van der Waals surface area (Å²) in [4.78, 5) is 28.6. The van der Waals surface area contributed by atoms with Crippen molar-refractivity contribution in [1.29, 1.82) is 0 Å². The van der Waals surface area contributed by atoms with Gasteiger partial charge in [-0.2, -0.15) is 0 Å². The summed E-state index contributed by atoms with van der Waals surface area (Å²) in [6.07, 6.45) is 5.07. The molecule has 0 atom stereocenters. The average Bonchev–Trinajstić information content (AvgIpc) is 3.19. The van der Waals surface area contributed by atoms with Crippen LogP contribution in [0.1, 0.15) is 46.9 Å². The van der Waals surface area contributed by atoms with E-state index in [1.165, 1.54) is 6.42 Å².